The summed E-state index contributed by atoms with van der Waals surface area (Å²) < 4.78 is 16.5. The van der Waals surface area contributed by atoms with E-state index in [9.17, 15) is 10.1 Å². The molecule has 2 aliphatic rings. The molecule has 2 aliphatic heterocycles. The minimum Gasteiger partial charge on any atom is -0.490 e. The second-order valence-corrected chi connectivity index (χ2v) is 5.21. The molecule has 0 amide bonds. The Kier molecular flexibility index (Phi) is 3.69. The maximum Gasteiger partial charge on any atom is 0.311 e. The molecule has 2 heterocycles. The Morgan fingerprint density at radius 3 is 2.52 bits per heavy atom. The molecule has 0 radical (unpaired) electrons. The van der Waals surface area contributed by atoms with E-state index < -0.39 is 10.7 Å². The van der Waals surface area contributed by atoms with Gasteiger partial charge in [0.1, 0.15) is 0 Å². The van der Waals surface area contributed by atoms with E-state index in [1.165, 1.54) is 13.2 Å². The van der Waals surface area contributed by atoms with Crippen molar-refractivity contribution in [2.24, 2.45) is 0 Å². The highest BCUT2D eigenvalue weighted by Gasteiger charge is 2.39. The van der Waals surface area contributed by atoms with Crippen molar-refractivity contribution in [3.8, 4) is 5.75 Å². The predicted octanol–water partition coefficient (Wildman–Crippen LogP) is 1.95. The zero-order valence-electron chi connectivity index (χ0n) is 11.9. The zero-order valence-corrected chi connectivity index (χ0v) is 11.9. The summed E-state index contributed by atoms with van der Waals surface area (Å²) >= 11 is 0. The maximum absolute atomic E-state index is 10.9. The number of nitrogens with zero attached hydrogens (tertiary/aromatic N) is 2. The molecule has 2 saturated heterocycles. The lowest BCUT2D eigenvalue weighted by atomic mass is 10.0. The molecule has 1 aromatic carbocycles. The molecule has 3 rings (SSSR count). The molecule has 0 unspecified atom stereocenters. The minimum atomic E-state index is -0.436. The number of piperidine rings is 1. The van der Waals surface area contributed by atoms with Crippen molar-refractivity contribution in [3.05, 3.63) is 28.3 Å². The van der Waals surface area contributed by atoms with Gasteiger partial charge in [0.05, 0.1) is 25.2 Å². The summed E-state index contributed by atoms with van der Waals surface area (Å²) in [7, 11) is 1.44. The van der Waals surface area contributed by atoms with E-state index in [-0.39, 0.29) is 11.4 Å². The van der Waals surface area contributed by atoms with Gasteiger partial charge in [0.25, 0.3) is 0 Å². The number of methoxy groups -OCH3 is 1. The first-order chi connectivity index (χ1) is 10.1. The second kappa shape index (κ2) is 5.50. The van der Waals surface area contributed by atoms with Crippen LogP contribution in [-0.2, 0) is 9.47 Å². The molecular formula is C14H18N2O5. The molecule has 1 spiro atoms. The summed E-state index contributed by atoms with van der Waals surface area (Å²) in [6.07, 6.45) is 1.60. The molecular weight excluding hydrogens is 276 g/mol. The molecule has 1 aromatic rings. The van der Waals surface area contributed by atoms with Crippen LogP contribution in [-0.4, -0.2) is 44.1 Å². The average Bonchev–Trinajstić information content (AvgIpc) is 2.95. The van der Waals surface area contributed by atoms with Crippen LogP contribution in [0.15, 0.2) is 18.2 Å². The lowest BCUT2D eigenvalue weighted by molar-refractivity contribution is -0.385. The van der Waals surface area contributed by atoms with Crippen molar-refractivity contribution in [1.29, 1.82) is 0 Å². The first-order valence-electron chi connectivity index (χ1n) is 6.99. The van der Waals surface area contributed by atoms with E-state index in [1.54, 1.807) is 12.1 Å². The zero-order chi connectivity index (χ0) is 14.9. The third-order valence-corrected chi connectivity index (χ3v) is 4.06. The van der Waals surface area contributed by atoms with Gasteiger partial charge in [0.2, 0.25) is 0 Å². The number of nitro groups is 1. The second-order valence-electron chi connectivity index (χ2n) is 5.21. The smallest absolute Gasteiger partial charge is 0.311 e. The number of rotatable bonds is 3. The molecule has 7 heteroatoms. The van der Waals surface area contributed by atoms with E-state index in [2.05, 4.69) is 4.90 Å². The number of nitro benzene ring substituents is 1. The third-order valence-electron chi connectivity index (χ3n) is 4.06. The van der Waals surface area contributed by atoms with Gasteiger partial charge in [-0.25, -0.2) is 0 Å². The van der Waals surface area contributed by atoms with Gasteiger partial charge in [-0.2, -0.15) is 0 Å². The van der Waals surface area contributed by atoms with Crippen molar-refractivity contribution in [1.82, 2.24) is 0 Å². The summed E-state index contributed by atoms with van der Waals surface area (Å²) in [5, 5.41) is 10.9. The van der Waals surface area contributed by atoms with Gasteiger partial charge in [-0.1, -0.05) is 0 Å². The van der Waals surface area contributed by atoms with Crippen LogP contribution in [0.4, 0.5) is 11.4 Å². The average molecular weight is 294 g/mol. The van der Waals surface area contributed by atoms with Crippen LogP contribution >= 0.6 is 0 Å². The molecule has 2 fully saturated rings. The minimum absolute atomic E-state index is 0.0165. The van der Waals surface area contributed by atoms with Gasteiger partial charge in [0, 0.05) is 43.8 Å². The fraction of sp³-hybridized carbons (Fsp3) is 0.571. The standard InChI is InChI=1S/C14H18N2O5/c1-19-13-10-11(2-3-12(13)16(17)18)15-6-4-14(5-7-15)20-8-9-21-14/h2-3,10H,4-9H2,1H3. The molecule has 0 aliphatic carbocycles. The normalized spacial score (nSPS) is 20.7. The Hall–Kier alpha value is -1.86. The fourth-order valence-electron chi connectivity index (χ4n) is 2.91. The summed E-state index contributed by atoms with van der Waals surface area (Å²) in [5.41, 5.74) is 0.905. The molecule has 21 heavy (non-hydrogen) atoms. The van der Waals surface area contributed by atoms with Crippen LogP contribution in [0.25, 0.3) is 0 Å². The van der Waals surface area contributed by atoms with E-state index in [0.717, 1.165) is 31.6 Å². The largest absolute Gasteiger partial charge is 0.490 e. The van der Waals surface area contributed by atoms with Crippen molar-refractivity contribution < 1.29 is 19.1 Å². The highest BCUT2D eigenvalue weighted by molar-refractivity contribution is 5.59. The summed E-state index contributed by atoms with van der Waals surface area (Å²) in [6, 6.07) is 4.96. The number of benzene rings is 1. The fourth-order valence-corrected chi connectivity index (χ4v) is 2.91. The number of ether oxygens (including phenoxy) is 3. The molecule has 0 atom stereocenters. The summed E-state index contributed by atoms with van der Waals surface area (Å²) in [4.78, 5) is 12.6. The Morgan fingerprint density at radius 1 is 1.29 bits per heavy atom. The van der Waals surface area contributed by atoms with Crippen LogP contribution < -0.4 is 9.64 Å². The molecule has 0 aromatic heterocycles. The van der Waals surface area contributed by atoms with Crippen molar-refractivity contribution >= 4 is 11.4 Å². The molecule has 0 saturated carbocycles. The van der Waals surface area contributed by atoms with Gasteiger partial charge in [0.15, 0.2) is 11.5 Å². The van der Waals surface area contributed by atoms with Gasteiger partial charge in [-0.15, -0.1) is 0 Å². The van der Waals surface area contributed by atoms with Crippen LogP contribution in [0.3, 0.4) is 0 Å². The monoisotopic (exact) mass is 294 g/mol. The van der Waals surface area contributed by atoms with Gasteiger partial charge in [-0.3, -0.25) is 10.1 Å². The Labute approximate surface area is 122 Å². The van der Waals surface area contributed by atoms with Crippen LogP contribution in [0.1, 0.15) is 12.8 Å². The lowest BCUT2D eigenvalue weighted by Crippen LogP contribution is -2.45. The van der Waals surface area contributed by atoms with Gasteiger partial charge in [-0.05, 0) is 6.07 Å². The Balaban J connectivity index is 1.74. The Morgan fingerprint density at radius 2 is 1.95 bits per heavy atom. The molecule has 0 N–H and O–H groups in total. The molecule has 7 nitrogen and oxygen atoms in total. The van der Waals surface area contributed by atoms with Gasteiger partial charge >= 0.3 is 5.69 Å². The first-order valence-corrected chi connectivity index (χ1v) is 6.99. The van der Waals surface area contributed by atoms with Crippen molar-refractivity contribution in [3.63, 3.8) is 0 Å². The van der Waals surface area contributed by atoms with Gasteiger partial charge < -0.3 is 19.1 Å². The molecule has 114 valence electrons. The topological polar surface area (TPSA) is 74.1 Å². The summed E-state index contributed by atoms with van der Waals surface area (Å²) in [5.74, 6) is -0.132. The number of anilines is 1. The highest BCUT2D eigenvalue weighted by atomic mass is 16.7. The predicted molar refractivity (Wildman–Crippen MR) is 75.7 cm³/mol. The first kappa shape index (κ1) is 14.1. The van der Waals surface area contributed by atoms with E-state index >= 15 is 0 Å². The van der Waals surface area contributed by atoms with Crippen molar-refractivity contribution in [2.45, 2.75) is 18.6 Å². The SMILES string of the molecule is COc1cc(N2CCC3(CC2)OCCO3)ccc1[N+](=O)[O-]. The van der Waals surface area contributed by atoms with E-state index in [0.29, 0.717) is 13.2 Å². The Bertz CT molecular complexity index is 532. The van der Waals surface area contributed by atoms with E-state index in [1.807, 2.05) is 0 Å². The number of hydrogen-bond donors (Lipinski definition) is 0. The molecule has 0 bridgehead atoms. The van der Waals surface area contributed by atoms with Crippen LogP contribution in [0.2, 0.25) is 0 Å². The third kappa shape index (κ3) is 2.66. The lowest BCUT2D eigenvalue weighted by Gasteiger charge is -2.38. The maximum atomic E-state index is 10.9. The van der Waals surface area contributed by atoms with Crippen LogP contribution in [0.5, 0.6) is 5.75 Å². The number of hydrogen-bond acceptors (Lipinski definition) is 6. The van der Waals surface area contributed by atoms with Crippen LogP contribution in [0, 0.1) is 10.1 Å². The van der Waals surface area contributed by atoms with Crippen molar-refractivity contribution in [2.75, 3.05) is 38.3 Å². The summed E-state index contributed by atoms with van der Waals surface area (Å²) in [6.45, 7) is 2.90. The highest BCUT2D eigenvalue weighted by Crippen LogP contribution is 2.36. The van der Waals surface area contributed by atoms with E-state index in [4.69, 9.17) is 14.2 Å². The quantitative estimate of drug-likeness (QED) is 0.626.